The molecule has 0 amide bonds. The van der Waals surface area contributed by atoms with Crippen LogP contribution in [0.5, 0.6) is 0 Å². The molecule has 1 N–H and O–H groups in total. The van der Waals surface area contributed by atoms with E-state index in [0.29, 0.717) is 11.3 Å². The Labute approximate surface area is 112 Å². The molecule has 1 fully saturated rings. The number of hydrogen-bond acceptors (Lipinski definition) is 3. The number of ether oxygens (including phenoxy) is 1. The molecule has 0 spiro atoms. The Kier molecular flexibility index (Phi) is 6.13. The van der Waals surface area contributed by atoms with Crippen molar-refractivity contribution in [2.24, 2.45) is 11.3 Å². The Morgan fingerprint density at radius 3 is 2.39 bits per heavy atom. The zero-order chi connectivity index (χ0) is 13.6. The van der Waals surface area contributed by atoms with E-state index < -0.39 is 0 Å². The third-order valence-corrected chi connectivity index (χ3v) is 3.59. The first-order valence-corrected chi connectivity index (χ1v) is 7.29. The summed E-state index contributed by atoms with van der Waals surface area (Å²) in [7, 11) is 0. The van der Waals surface area contributed by atoms with E-state index in [2.05, 4.69) is 26.1 Å². The SMILES string of the molecule is CC(=O)OC(NCCC(C)(C)C)C1CCCCC1. The summed E-state index contributed by atoms with van der Waals surface area (Å²) in [5.41, 5.74) is 0.320. The molecule has 106 valence electrons. The highest BCUT2D eigenvalue weighted by molar-refractivity contribution is 5.66. The molecule has 0 saturated heterocycles. The van der Waals surface area contributed by atoms with Crippen LogP contribution < -0.4 is 5.32 Å². The topological polar surface area (TPSA) is 38.3 Å². The van der Waals surface area contributed by atoms with Crippen molar-refractivity contribution in [3.05, 3.63) is 0 Å². The second kappa shape index (κ2) is 7.13. The van der Waals surface area contributed by atoms with Crippen LogP contribution in [0, 0.1) is 11.3 Å². The first kappa shape index (κ1) is 15.5. The van der Waals surface area contributed by atoms with Gasteiger partial charge in [-0.3, -0.25) is 10.1 Å². The lowest BCUT2D eigenvalue weighted by molar-refractivity contribution is -0.152. The number of carbonyl (C=O) groups is 1. The van der Waals surface area contributed by atoms with Crippen molar-refractivity contribution in [2.75, 3.05) is 6.54 Å². The van der Waals surface area contributed by atoms with Gasteiger partial charge in [-0.15, -0.1) is 0 Å². The Morgan fingerprint density at radius 2 is 1.89 bits per heavy atom. The molecule has 0 heterocycles. The fourth-order valence-corrected chi connectivity index (χ4v) is 2.51. The van der Waals surface area contributed by atoms with Crippen LogP contribution in [0.3, 0.4) is 0 Å². The average molecular weight is 255 g/mol. The summed E-state index contributed by atoms with van der Waals surface area (Å²) in [6.45, 7) is 9.11. The molecule has 0 aromatic rings. The Bertz CT molecular complexity index is 252. The predicted molar refractivity (Wildman–Crippen MR) is 74.2 cm³/mol. The Morgan fingerprint density at radius 1 is 1.28 bits per heavy atom. The van der Waals surface area contributed by atoms with Gasteiger partial charge in [-0.1, -0.05) is 40.0 Å². The van der Waals surface area contributed by atoms with Gasteiger partial charge in [0.15, 0.2) is 6.23 Å². The van der Waals surface area contributed by atoms with Crippen LogP contribution in [-0.2, 0) is 9.53 Å². The first-order chi connectivity index (χ1) is 8.38. The van der Waals surface area contributed by atoms with E-state index >= 15 is 0 Å². The van der Waals surface area contributed by atoms with E-state index in [9.17, 15) is 4.79 Å². The summed E-state index contributed by atoms with van der Waals surface area (Å²) in [5.74, 6) is 0.330. The Balaban J connectivity index is 2.41. The molecule has 3 heteroatoms. The van der Waals surface area contributed by atoms with Crippen LogP contribution in [0.15, 0.2) is 0 Å². The number of esters is 1. The molecule has 1 unspecified atom stereocenters. The van der Waals surface area contributed by atoms with Crippen LogP contribution in [-0.4, -0.2) is 18.7 Å². The minimum Gasteiger partial charge on any atom is -0.446 e. The molecule has 3 nitrogen and oxygen atoms in total. The smallest absolute Gasteiger partial charge is 0.304 e. The average Bonchev–Trinajstić information content (AvgIpc) is 2.27. The molecular formula is C15H29NO2. The van der Waals surface area contributed by atoms with Crippen LogP contribution in [0.25, 0.3) is 0 Å². The second-order valence-electron chi connectivity index (χ2n) is 6.69. The number of hydrogen-bond donors (Lipinski definition) is 1. The standard InChI is InChI=1S/C15H29NO2/c1-12(17)18-14(13-8-6-5-7-9-13)16-11-10-15(2,3)4/h13-14,16H,5-11H2,1-4H3. The van der Waals surface area contributed by atoms with Gasteiger partial charge in [-0.05, 0) is 31.2 Å². The van der Waals surface area contributed by atoms with Crippen molar-refractivity contribution >= 4 is 5.97 Å². The van der Waals surface area contributed by atoms with Gasteiger partial charge in [-0.25, -0.2) is 0 Å². The van der Waals surface area contributed by atoms with Gasteiger partial charge in [0.2, 0.25) is 0 Å². The molecule has 1 aliphatic carbocycles. The number of nitrogens with one attached hydrogen (secondary N) is 1. The quantitative estimate of drug-likeness (QED) is 0.604. The lowest BCUT2D eigenvalue weighted by atomic mass is 9.87. The summed E-state index contributed by atoms with van der Waals surface area (Å²) in [6.07, 6.45) is 7.24. The van der Waals surface area contributed by atoms with Crippen molar-refractivity contribution in [1.82, 2.24) is 5.32 Å². The van der Waals surface area contributed by atoms with Gasteiger partial charge in [0.1, 0.15) is 0 Å². The normalized spacial score (nSPS) is 19.6. The molecule has 1 saturated carbocycles. The molecule has 0 aromatic carbocycles. The van der Waals surface area contributed by atoms with Gasteiger partial charge < -0.3 is 4.74 Å². The molecule has 0 aromatic heterocycles. The number of rotatable bonds is 5. The summed E-state index contributed by atoms with van der Waals surface area (Å²) in [4.78, 5) is 11.2. The van der Waals surface area contributed by atoms with E-state index in [0.717, 1.165) is 13.0 Å². The highest BCUT2D eigenvalue weighted by Crippen LogP contribution is 2.27. The van der Waals surface area contributed by atoms with Crippen molar-refractivity contribution in [3.8, 4) is 0 Å². The van der Waals surface area contributed by atoms with Gasteiger partial charge in [-0.2, -0.15) is 0 Å². The zero-order valence-electron chi connectivity index (χ0n) is 12.4. The minimum absolute atomic E-state index is 0.0786. The highest BCUT2D eigenvalue weighted by atomic mass is 16.6. The van der Waals surface area contributed by atoms with Crippen molar-refractivity contribution in [2.45, 2.75) is 72.4 Å². The van der Waals surface area contributed by atoms with Crippen molar-refractivity contribution in [1.29, 1.82) is 0 Å². The van der Waals surface area contributed by atoms with Gasteiger partial charge >= 0.3 is 5.97 Å². The van der Waals surface area contributed by atoms with Gasteiger partial charge in [0.25, 0.3) is 0 Å². The van der Waals surface area contributed by atoms with E-state index in [1.807, 2.05) is 0 Å². The van der Waals surface area contributed by atoms with E-state index in [1.165, 1.54) is 39.0 Å². The lowest BCUT2D eigenvalue weighted by Gasteiger charge is -2.31. The van der Waals surface area contributed by atoms with Gasteiger partial charge in [0, 0.05) is 12.8 Å². The summed E-state index contributed by atoms with van der Waals surface area (Å²) >= 11 is 0. The summed E-state index contributed by atoms with van der Waals surface area (Å²) < 4.78 is 5.45. The second-order valence-corrected chi connectivity index (χ2v) is 6.69. The molecule has 1 atom stereocenters. The predicted octanol–water partition coefficient (Wildman–Crippen LogP) is 3.48. The van der Waals surface area contributed by atoms with Crippen LogP contribution in [0.1, 0.15) is 66.2 Å². The van der Waals surface area contributed by atoms with Crippen molar-refractivity contribution in [3.63, 3.8) is 0 Å². The fourth-order valence-electron chi connectivity index (χ4n) is 2.51. The van der Waals surface area contributed by atoms with E-state index in [-0.39, 0.29) is 12.2 Å². The van der Waals surface area contributed by atoms with Crippen LogP contribution in [0.2, 0.25) is 0 Å². The molecular weight excluding hydrogens is 226 g/mol. The summed E-state index contributed by atoms with van der Waals surface area (Å²) in [6, 6.07) is 0. The molecule has 0 aliphatic heterocycles. The third-order valence-electron chi connectivity index (χ3n) is 3.59. The maximum absolute atomic E-state index is 11.2. The van der Waals surface area contributed by atoms with Crippen molar-refractivity contribution < 1.29 is 9.53 Å². The Hall–Kier alpha value is -0.570. The minimum atomic E-state index is -0.172. The lowest BCUT2D eigenvalue weighted by Crippen LogP contribution is -2.41. The maximum Gasteiger partial charge on any atom is 0.304 e. The largest absolute Gasteiger partial charge is 0.446 e. The molecule has 1 rings (SSSR count). The van der Waals surface area contributed by atoms with Crippen LogP contribution >= 0.6 is 0 Å². The molecule has 1 aliphatic rings. The van der Waals surface area contributed by atoms with E-state index in [4.69, 9.17) is 4.74 Å². The summed E-state index contributed by atoms with van der Waals surface area (Å²) in [5, 5.41) is 3.43. The molecule has 0 bridgehead atoms. The monoisotopic (exact) mass is 255 g/mol. The van der Waals surface area contributed by atoms with E-state index in [1.54, 1.807) is 0 Å². The van der Waals surface area contributed by atoms with Crippen LogP contribution in [0.4, 0.5) is 0 Å². The number of carbonyl (C=O) groups excluding carboxylic acids is 1. The highest BCUT2D eigenvalue weighted by Gasteiger charge is 2.25. The van der Waals surface area contributed by atoms with Gasteiger partial charge in [0.05, 0.1) is 0 Å². The fraction of sp³-hybridized carbons (Fsp3) is 0.933. The zero-order valence-corrected chi connectivity index (χ0v) is 12.4. The molecule has 18 heavy (non-hydrogen) atoms. The maximum atomic E-state index is 11.2. The molecule has 0 radical (unpaired) electrons. The third kappa shape index (κ3) is 6.39. The first-order valence-electron chi connectivity index (χ1n) is 7.29.